The molecule has 0 bridgehead atoms. The second-order valence-electron chi connectivity index (χ2n) is 5.97. The Labute approximate surface area is 109 Å². The van der Waals surface area contributed by atoms with Gasteiger partial charge in [-0.15, -0.1) is 0 Å². The zero-order valence-electron chi connectivity index (χ0n) is 11.2. The Kier molecular flexibility index (Phi) is 3.50. The Morgan fingerprint density at radius 2 is 2.12 bits per heavy atom. The summed E-state index contributed by atoms with van der Waals surface area (Å²) in [6.45, 7) is 7.64. The topological polar surface area (TPSA) is 29.9 Å². The molecule has 1 saturated carbocycles. The van der Waals surface area contributed by atoms with Crippen molar-refractivity contribution in [1.29, 1.82) is 0 Å². The van der Waals surface area contributed by atoms with Crippen LogP contribution in [0.5, 0.6) is 0 Å². The summed E-state index contributed by atoms with van der Waals surface area (Å²) in [4.78, 5) is 0. The summed E-state index contributed by atoms with van der Waals surface area (Å²) < 4.78 is 1.76. The summed E-state index contributed by atoms with van der Waals surface area (Å²) >= 11 is 6.28. The molecule has 17 heavy (non-hydrogen) atoms. The quantitative estimate of drug-likeness (QED) is 0.877. The van der Waals surface area contributed by atoms with Crippen LogP contribution in [0, 0.1) is 12.3 Å². The van der Waals surface area contributed by atoms with Crippen LogP contribution in [0.3, 0.4) is 0 Å². The zero-order chi connectivity index (χ0) is 12.6. The number of aryl methyl sites for hydroxylation is 2. The first kappa shape index (κ1) is 12.9. The molecule has 0 atom stereocenters. The molecule has 1 aromatic heterocycles. The predicted octanol–water partition coefficient (Wildman–Crippen LogP) is 2.70. The molecule has 3 nitrogen and oxygen atoms in total. The van der Waals surface area contributed by atoms with E-state index >= 15 is 0 Å². The number of rotatable bonds is 5. The number of aromatic nitrogens is 2. The van der Waals surface area contributed by atoms with E-state index in [0.717, 1.165) is 29.9 Å². The highest BCUT2D eigenvalue weighted by Crippen LogP contribution is 2.29. The average Bonchev–Trinajstić information content (AvgIpc) is 3.02. The number of hydrogen-bond acceptors (Lipinski definition) is 2. The third-order valence-corrected chi connectivity index (χ3v) is 3.84. The van der Waals surface area contributed by atoms with Crippen LogP contribution in [0.2, 0.25) is 5.15 Å². The summed E-state index contributed by atoms with van der Waals surface area (Å²) in [6, 6.07) is 0.764. The Bertz CT molecular complexity index is 405. The van der Waals surface area contributed by atoms with E-state index in [1.165, 1.54) is 18.4 Å². The third kappa shape index (κ3) is 3.23. The first-order valence-corrected chi connectivity index (χ1v) is 6.68. The molecule has 1 fully saturated rings. The molecule has 96 valence electrons. The van der Waals surface area contributed by atoms with Gasteiger partial charge in [0.1, 0.15) is 5.15 Å². The number of nitrogens with zero attached hydrogens (tertiary/aromatic N) is 2. The largest absolute Gasteiger partial charge is 0.313 e. The fourth-order valence-corrected chi connectivity index (χ4v) is 2.37. The number of hydrogen-bond donors (Lipinski definition) is 1. The molecular formula is C13H22ClN3. The van der Waals surface area contributed by atoms with Crippen molar-refractivity contribution in [2.24, 2.45) is 12.5 Å². The van der Waals surface area contributed by atoms with Gasteiger partial charge in [0.05, 0.1) is 5.69 Å². The summed E-state index contributed by atoms with van der Waals surface area (Å²) in [7, 11) is 1.90. The molecule has 0 saturated heterocycles. The molecule has 1 aliphatic carbocycles. The molecule has 0 aliphatic heterocycles. The molecule has 2 rings (SSSR count). The van der Waals surface area contributed by atoms with Gasteiger partial charge in [0.15, 0.2) is 0 Å². The number of halogens is 1. The molecule has 0 amide bonds. The highest BCUT2D eigenvalue weighted by Gasteiger charge is 2.27. The van der Waals surface area contributed by atoms with E-state index in [0.29, 0.717) is 0 Å². The maximum absolute atomic E-state index is 6.28. The lowest BCUT2D eigenvalue weighted by Crippen LogP contribution is -2.32. The minimum atomic E-state index is 0.222. The van der Waals surface area contributed by atoms with Crippen LogP contribution in [0.4, 0.5) is 0 Å². The predicted molar refractivity (Wildman–Crippen MR) is 71.5 cm³/mol. The van der Waals surface area contributed by atoms with Gasteiger partial charge in [0.25, 0.3) is 0 Å². The Balaban J connectivity index is 2.01. The van der Waals surface area contributed by atoms with Gasteiger partial charge >= 0.3 is 0 Å². The van der Waals surface area contributed by atoms with Crippen LogP contribution in [-0.4, -0.2) is 22.4 Å². The Hall–Kier alpha value is -0.540. The van der Waals surface area contributed by atoms with Gasteiger partial charge in [-0.2, -0.15) is 5.10 Å². The highest BCUT2D eigenvalue weighted by molar-refractivity contribution is 6.30. The van der Waals surface area contributed by atoms with Gasteiger partial charge in [0, 0.05) is 25.2 Å². The molecule has 1 aliphatic rings. The first-order chi connectivity index (χ1) is 7.89. The smallest absolute Gasteiger partial charge is 0.130 e. The zero-order valence-corrected chi connectivity index (χ0v) is 11.9. The molecule has 0 unspecified atom stereocenters. The molecule has 1 N–H and O–H groups in total. The molecular weight excluding hydrogens is 234 g/mol. The fourth-order valence-electron chi connectivity index (χ4n) is 2.12. The van der Waals surface area contributed by atoms with Crippen LogP contribution in [-0.2, 0) is 13.5 Å². The molecule has 4 heteroatoms. The van der Waals surface area contributed by atoms with Crippen molar-refractivity contribution < 1.29 is 0 Å². The summed E-state index contributed by atoms with van der Waals surface area (Å²) in [5, 5.41) is 8.74. The van der Waals surface area contributed by atoms with E-state index in [4.69, 9.17) is 11.6 Å². The minimum Gasteiger partial charge on any atom is -0.313 e. The SMILES string of the molecule is Cc1nn(C)c(Cl)c1CC(C)(C)CNC1CC1. The minimum absolute atomic E-state index is 0.222. The maximum atomic E-state index is 6.28. The Morgan fingerprint density at radius 1 is 1.47 bits per heavy atom. The van der Waals surface area contributed by atoms with Crippen molar-refractivity contribution in [2.45, 2.75) is 46.1 Å². The van der Waals surface area contributed by atoms with Crippen LogP contribution >= 0.6 is 11.6 Å². The molecule has 1 aromatic rings. The molecule has 0 radical (unpaired) electrons. The van der Waals surface area contributed by atoms with E-state index in [1.807, 2.05) is 14.0 Å². The average molecular weight is 256 g/mol. The van der Waals surface area contributed by atoms with Crippen molar-refractivity contribution in [3.8, 4) is 0 Å². The van der Waals surface area contributed by atoms with Crippen LogP contribution in [0.25, 0.3) is 0 Å². The van der Waals surface area contributed by atoms with E-state index in [-0.39, 0.29) is 5.41 Å². The molecule has 1 heterocycles. The second kappa shape index (κ2) is 4.62. The van der Waals surface area contributed by atoms with Crippen LogP contribution in [0.1, 0.15) is 37.9 Å². The van der Waals surface area contributed by atoms with E-state index in [1.54, 1.807) is 4.68 Å². The maximum Gasteiger partial charge on any atom is 0.130 e. The van der Waals surface area contributed by atoms with Gasteiger partial charge in [-0.3, -0.25) is 4.68 Å². The van der Waals surface area contributed by atoms with Crippen molar-refractivity contribution >= 4 is 11.6 Å². The van der Waals surface area contributed by atoms with E-state index in [9.17, 15) is 0 Å². The third-order valence-electron chi connectivity index (χ3n) is 3.37. The Morgan fingerprint density at radius 3 is 2.59 bits per heavy atom. The molecule has 0 aromatic carbocycles. The lowest BCUT2D eigenvalue weighted by Gasteiger charge is -2.25. The van der Waals surface area contributed by atoms with Gasteiger partial charge < -0.3 is 5.32 Å². The van der Waals surface area contributed by atoms with Crippen LogP contribution in [0.15, 0.2) is 0 Å². The number of nitrogens with one attached hydrogen (secondary N) is 1. The van der Waals surface area contributed by atoms with Crippen molar-refractivity contribution in [3.05, 3.63) is 16.4 Å². The first-order valence-electron chi connectivity index (χ1n) is 6.30. The second-order valence-corrected chi connectivity index (χ2v) is 6.33. The lowest BCUT2D eigenvalue weighted by molar-refractivity contribution is 0.336. The molecule has 0 spiro atoms. The van der Waals surface area contributed by atoms with Gasteiger partial charge in [-0.1, -0.05) is 25.4 Å². The van der Waals surface area contributed by atoms with Crippen molar-refractivity contribution in [1.82, 2.24) is 15.1 Å². The fraction of sp³-hybridized carbons (Fsp3) is 0.769. The van der Waals surface area contributed by atoms with Gasteiger partial charge in [0.2, 0.25) is 0 Å². The van der Waals surface area contributed by atoms with Crippen molar-refractivity contribution in [2.75, 3.05) is 6.54 Å². The monoisotopic (exact) mass is 255 g/mol. The van der Waals surface area contributed by atoms with Gasteiger partial charge in [-0.25, -0.2) is 0 Å². The summed E-state index contributed by atoms with van der Waals surface area (Å²) in [5.41, 5.74) is 2.47. The lowest BCUT2D eigenvalue weighted by atomic mass is 9.86. The van der Waals surface area contributed by atoms with Crippen LogP contribution < -0.4 is 5.32 Å². The summed E-state index contributed by atoms with van der Waals surface area (Å²) in [5.74, 6) is 0. The van der Waals surface area contributed by atoms with E-state index in [2.05, 4.69) is 24.3 Å². The van der Waals surface area contributed by atoms with Gasteiger partial charge in [-0.05, 0) is 31.6 Å². The summed E-state index contributed by atoms with van der Waals surface area (Å²) in [6.07, 6.45) is 3.65. The van der Waals surface area contributed by atoms with Crippen molar-refractivity contribution in [3.63, 3.8) is 0 Å². The van der Waals surface area contributed by atoms with E-state index < -0.39 is 0 Å². The highest BCUT2D eigenvalue weighted by atomic mass is 35.5. The standard InChI is InChI=1S/C13H22ClN3/c1-9-11(12(14)17(4)16-9)7-13(2,3)8-15-10-5-6-10/h10,15H,5-8H2,1-4H3. The normalized spacial score (nSPS) is 16.5.